The van der Waals surface area contributed by atoms with Crippen LogP contribution in [0.1, 0.15) is 196 Å². The lowest BCUT2D eigenvalue weighted by molar-refractivity contribution is -0.383. The quantitative estimate of drug-likeness (QED) is 0.0433. The third-order valence-corrected chi connectivity index (χ3v) is 26.1. The molecule has 0 spiro atoms. The first-order valence-corrected chi connectivity index (χ1v) is 47.3. The Labute approximate surface area is 806 Å². The van der Waals surface area contributed by atoms with Crippen LogP contribution >= 0.6 is 0 Å². The van der Waals surface area contributed by atoms with Gasteiger partial charge >= 0.3 is 0 Å². The van der Waals surface area contributed by atoms with Gasteiger partial charge in [0.1, 0.15) is 47.4 Å². The number of hydrogen-bond acceptors (Lipinski definition) is 21. The third-order valence-electron chi connectivity index (χ3n) is 26.1. The lowest BCUT2D eigenvalue weighted by Gasteiger charge is -2.30. The molecular formula is C116H115N9O14. The van der Waals surface area contributed by atoms with Gasteiger partial charge in [0.15, 0.2) is 23.1 Å². The first-order valence-electron chi connectivity index (χ1n) is 47.3. The largest absolute Gasteiger partial charge is 0.493 e. The summed E-state index contributed by atoms with van der Waals surface area (Å²) in [5, 5.41) is 31.5. The van der Waals surface area contributed by atoms with Crippen molar-refractivity contribution in [3.63, 3.8) is 0 Å². The van der Waals surface area contributed by atoms with Crippen molar-refractivity contribution in [1.29, 1.82) is 0 Å². The van der Waals surface area contributed by atoms with Crippen LogP contribution in [0.15, 0.2) is 201 Å². The molecule has 5 aromatic heterocycles. The molecule has 0 saturated heterocycles. The molecule has 23 nitrogen and oxygen atoms in total. The van der Waals surface area contributed by atoms with E-state index in [0.717, 1.165) is 219 Å². The zero-order valence-electron chi connectivity index (χ0n) is 82.1. The summed E-state index contributed by atoms with van der Waals surface area (Å²) >= 11 is 0. The molecule has 12 aromatic carbocycles. The first kappa shape index (κ1) is 94.8. The van der Waals surface area contributed by atoms with Crippen molar-refractivity contribution in [2.24, 2.45) is 0 Å². The van der Waals surface area contributed by atoms with E-state index in [0.29, 0.717) is 54.1 Å². The van der Waals surface area contributed by atoms with Gasteiger partial charge in [-0.2, -0.15) is 5.10 Å². The number of Topliss-reactive ketones (excluding diaryl/α,β-unsaturated/α-hetero) is 4. The number of anilines is 2. The van der Waals surface area contributed by atoms with Crippen molar-refractivity contribution in [1.82, 2.24) is 30.1 Å². The van der Waals surface area contributed by atoms with Crippen LogP contribution in [0.25, 0.3) is 142 Å². The number of rotatable bonds is 17. The van der Waals surface area contributed by atoms with Gasteiger partial charge in [0, 0.05) is 144 Å². The minimum absolute atomic E-state index is 0.0125. The van der Waals surface area contributed by atoms with E-state index in [4.69, 9.17) is 69.3 Å². The molecule has 4 aliphatic rings. The van der Waals surface area contributed by atoms with Gasteiger partial charge in [0.2, 0.25) is 0 Å². The van der Waals surface area contributed by atoms with Gasteiger partial charge in [-0.15, -0.1) is 0 Å². The Morgan fingerprint density at radius 2 is 0.683 bits per heavy atom. The van der Waals surface area contributed by atoms with E-state index < -0.39 is 46.8 Å². The fourth-order valence-corrected chi connectivity index (χ4v) is 20.5. The molecule has 17 aromatic rings. The van der Waals surface area contributed by atoms with Crippen LogP contribution in [-0.4, -0.2) is 107 Å². The summed E-state index contributed by atoms with van der Waals surface area (Å²) < 4.78 is 49.3. The van der Waals surface area contributed by atoms with E-state index in [1.54, 1.807) is 45.3 Å². The van der Waals surface area contributed by atoms with E-state index in [1.165, 1.54) is 29.7 Å². The van der Waals surface area contributed by atoms with Crippen LogP contribution in [0.4, 0.5) is 17.1 Å². The number of non-ortho nitro benzene ring substituents is 1. The number of aromatic nitrogens is 6. The highest BCUT2D eigenvalue weighted by atomic mass is 16.6. The van der Waals surface area contributed by atoms with Crippen molar-refractivity contribution in [3.8, 4) is 67.5 Å². The minimum atomic E-state index is -0.856. The molecule has 0 fully saturated rings. The SMILES string of the molecule is CC(=O)[C@@H](OC(C)(C)C)c1c(-c2ccc3c4c(ccnc24)CCO3)c2ccccc2c2[nH]ncc12.CC(=O)[C@@H](OC(C)(C)C)c1c(C)c(N)c2ccccc2c1-c1ccc2c3c(ccnc13)CCO2.CC(=O)[C@@H](OC(C)(C)C)c1c(C)cc2c(N)cccc2c1-c1ccc2c3c(ccnc13)CCO2.CC(=O)[C@@H](OC(C)(C)C)c1c(C)cc2c([N+](=O)[O-])cccc2c1-c1ccc2c3c(ccnc13)CCO2. The summed E-state index contributed by atoms with van der Waals surface area (Å²) in [5.41, 5.74) is 34.3. The number of benzene rings is 12. The Bertz CT molecular complexity index is 7770. The Balaban J connectivity index is 0.000000123. The number of nitro benzene ring substituents is 1. The highest BCUT2D eigenvalue weighted by Gasteiger charge is 2.39. The van der Waals surface area contributed by atoms with Crippen molar-refractivity contribution in [2.75, 3.05) is 37.9 Å². The van der Waals surface area contributed by atoms with Gasteiger partial charge in [-0.3, -0.25) is 54.3 Å². The standard InChI is InChI=1S/C29H27N3O3.C29H28N2O5.2C29H30N2O3/c1-16(33)28(35-29(2,3)4)25-21-15-31-32-26(21)19-8-6-5-7-18(19)24(25)20-9-10-22-23-17(12-14-34-22)11-13-30-27(20)23;1-16-15-21-19(7-6-8-22(21)31(33)34)26(24(16)28(17(2)32)36-29(3,4)5)20-9-10-23-25-18(12-14-35-23)11-13-30-27(20)25;1-16-15-21-19(7-6-8-22(21)30)26(24(16)28(17(2)32)34-29(3,4)5)20-9-10-23-25-18(12-14-33-23)11-13-31-27(20)25;1-16-23(28(17(2)32)34-29(3,4)5)25(19-8-6-7-9-20(19)26(16)30)21-10-11-22-24-18(13-15-33-22)12-14-31-27(21)24/h5-11,13,15,28H,12,14H2,1-4H3,(H,31,32);6-11,13,15,28H,12,14H2,1-5H3;6-11,13,15,28H,12,14,30H2,1-5H3;6-12,14,28H,13,15,30H2,1-5H3/t4*28-/m1111/s1. The zero-order valence-corrected chi connectivity index (χ0v) is 82.1. The highest BCUT2D eigenvalue weighted by molar-refractivity contribution is 6.20. The Morgan fingerprint density at radius 1 is 0.374 bits per heavy atom. The number of nitrogen functional groups attached to an aromatic ring is 2. The second-order valence-electron chi connectivity index (χ2n) is 40.4. The fraction of sp³-hybridized carbons (Fsp3) is 0.302. The van der Waals surface area contributed by atoms with Crippen LogP contribution in [0.5, 0.6) is 23.0 Å². The second kappa shape index (κ2) is 37.1. The van der Waals surface area contributed by atoms with Crippen LogP contribution in [0.3, 0.4) is 0 Å². The van der Waals surface area contributed by atoms with Gasteiger partial charge in [0.25, 0.3) is 5.69 Å². The molecule has 0 radical (unpaired) electrons. The number of carbonyl (C=O) groups is 4. The van der Waals surface area contributed by atoms with E-state index in [9.17, 15) is 29.3 Å². The maximum atomic E-state index is 13.1. The van der Waals surface area contributed by atoms with E-state index in [1.807, 2.05) is 207 Å². The van der Waals surface area contributed by atoms with Gasteiger partial charge in [-0.1, -0.05) is 72.8 Å². The average Bonchev–Trinajstić information content (AvgIpc) is 0.977. The summed E-state index contributed by atoms with van der Waals surface area (Å²) in [4.78, 5) is 82.9. The maximum Gasteiger partial charge on any atom is 0.277 e. The monoisotopic (exact) mass is 1860 g/mol. The van der Waals surface area contributed by atoms with Crippen LogP contribution in [0, 0.1) is 30.9 Å². The number of hydrogen-bond donors (Lipinski definition) is 3. The number of H-pyrrole nitrogens is 1. The summed E-state index contributed by atoms with van der Waals surface area (Å²) in [6.45, 7) is 38.2. The fourth-order valence-electron chi connectivity index (χ4n) is 20.5. The molecule has 708 valence electrons. The molecule has 23 heteroatoms. The predicted octanol–water partition coefficient (Wildman–Crippen LogP) is 25.6. The van der Waals surface area contributed by atoms with Crippen molar-refractivity contribution in [3.05, 3.63) is 272 Å². The molecule has 0 aliphatic carbocycles. The van der Waals surface area contributed by atoms with E-state index in [2.05, 4.69) is 76.9 Å². The normalized spacial score (nSPS) is 14.2. The summed E-state index contributed by atoms with van der Waals surface area (Å²) in [6.07, 6.45) is 9.34. The van der Waals surface area contributed by atoms with Crippen LogP contribution < -0.4 is 30.4 Å². The third kappa shape index (κ3) is 18.1. The van der Waals surface area contributed by atoms with Gasteiger partial charge in [-0.05, 0) is 316 Å². The summed E-state index contributed by atoms with van der Waals surface area (Å²) in [6, 6.07) is 55.4. The highest BCUT2D eigenvalue weighted by Crippen LogP contribution is 2.54. The Hall–Kier alpha value is -14.5. The average molecular weight is 1860 g/mol. The summed E-state index contributed by atoms with van der Waals surface area (Å²) in [5.74, 6) is 3.01. The van der Waals surface area contributed by atoms with E-state index >= 15 is 0 Å². The number of fused-ring (bicyclic) bond motifs is 6. The van der Waals surface area contributed by atoms with Crippen molar-refractivity contribution in [2.45, 2.75) is 204 Å². The molecule has 0 bridgehead atoms. The van der Waals surface area contributed by atoms with Crippen LogP contribution in [-0.2, 0) is 63.8 Å². The van der Waals surface area contributed by atoms with Gasteiger partial charge in [0.05, 0.1) is 92.9 Å². The Kier molecular flexibility index (Phi) is 25.3. The molecule has 139 heavy (non-hydrogen) atoms. The molecule has 5 N–H and O–H groups in total. The number of pyridine rings is 4. The topological polar surface area (TPSA) is 318 Å². The number of nitrogens with one attached hydrogen (secondary N) is 1. The van der Waals surface area contributed by atoms with Gasteiger partial charge in [-0.25, -0.2) is 0 Å². The number of ether oxygens (including phenoxy) is 8. The van der Waals surface area contributed by atoms with Crippen molar-refractivity contribution < 1.29 is 62.0 Å². The van der Waals surface area contributed by atoms with Crippen molar-refractivity contribution >= 4 is 138 Å². The predicted molar refractivity (Wildman–Crippen MR) is 552 cm³/mol. The summed E-state index contributed by atoms with van der Waals surface area (Å²) in [7, 11) is 0. The molecule has 0 amide bonds. The van der Waals surface area contributed by atoms with Crippen LogP contribution in [0.2, 0.25) is 0 Å². The number of aromatic amines is 1. The molecule has 21 rings (SSSR count). The van der Waals surface area contributed by atoms with Gasteiger partial charge < -0.3 is 49.4 Å². The molecule has 0 saturated carbocycles. The minimum Gasteiger partial charge on any atom is -0.493 e. The number of nitro groups is 1. The lowest BCUT2D eigenvalue weighted by Crippen LogP contribution is -2.27. The molecular weight excluding hydrogens is 1740 g/mol. The molecule has 4 atom stereocenters. The number of nitrogens with two attached hydrogens (primary N) is 2. The number of carbonyl (C=O) groups excluding carboxylic acids is 4. The Morgan fingerprint density at radius 3 is 1.06 bits per heavy atom. The number of ketones is 4. The lowest BCUT2D eigenvalue weighted by atomic mass is 9.84. The molecule has 9 heterocycles. The maximum absolute atomic E-state index is 13.1. The number of nitrogens with zero attached hydrogens (tertiary/aromatic N) is 6. The zero-order chi connectivity index (χ0) is 98.5. The molecule has 4 aliphatic heterocycles. The van der Waals surface area contributed by atoms with E-state index in [-0.39, 0.29) is 33.7 Å². The molecule has 0 unspecified atom stereocenters. The second-order valence-corrected chi connectivity index (χ2v) is 40.4. The smallest absolute Gasteiger partial charge is 0.277 e. The first-order chi connectivity index (χ1) is 66.2. The number of aryl methyl sites for hydroxylation is 2.